The molecule has 0 bridgehead atoms. The van der Waals surface area contributed by atoms with Gasteiger partial charge >= 0.3 is 12.4 Å². The second-order valence-electron chi connectivity index (χ2n) is 7.39. The van der Waals surface area contributed by atoms with Gasteiger partial charge in [0, 0.05) is 5.69 Å². The Morgan fingerprint density at radius 2 is 1.55 bits per heavy atom. The fourth-order valence-corrected chi connectivity index (χ4v) is 3.76. The van der Waals surface area contributed by atoms with Crippen LogP contribution in [0, 0.1) is 0 Å². The lowest BCUT2D eigenvalue weighted by Crippen LogP contribution is -2.22. The molecular formula is C24H21F3N2O2. The number of carbonyl (C=O) groups is 1. The summed E-state index contributed by atoms with van der Waals surface area (Å²) in [4.78, 5) is 12.4. The van der Waals surface area contributed by atoms with Crippen LogP contribution >= 0.6 is 0 Å². The van der Waals surface area contributed by atoms with E-state index in [9.17, 15) is 18.0 Å². The summed E-state index contributed by atoms with van der Waals surface area (Å²) in [5, 5.41) is 5.07. The van der Waals surface area contributed by atoms with Crippen molar-refractivity contribution in [3.63, 3.8) is 0 Å². The van der Waals surface area contributed by atoms with Crippen LogP contribution in [0.25, 0.3) is 11.1 Å². The number of benzene rings is 3. The number of urea groups is 1. The zero-order valence-electron chi connectivity index (χ0n) is 16.6. The van der Waals surface area contributed by atoms with Crippen LogP contribution in [0.3, 0.4) is 0 Å². The van der Waals surface area contributed by atoms with E-state index < -0.39 is 18.1 Å². The number of ether oxygens (including phenoxy) is 1. The van der Waals surface area contributed by atoms with Gasteiger partial charge in [-0.25, -0.2) is 4.79 Å². The third-order valence-corrected chi connectivity index (χ3v) is 5.16. The Hall–Kier alpha value is -3.48. The Bertz CT molecular complexity index is 1100. The average molecular weight is 426 g/mol. The molecule has 4 rings (SSSR count). The van der Waals surface area contributed by atoms with Gasteiger partial charge in [0.25, 0.3) is 0 Å². The van der Waals surface area contributed by atoms with Gasteiger partial charge in [-0.05, 0) is 72.2 Å². The van der Waals surface area contributed by atoms with Gasteiger partial charge in [0.1, 0.15) is 0 Å². The Morgan fingerprint density at radius 3 is 2.35 bits per heavy atom. The second kappa shape index (κ2) is 8.71. The number of aryl methyl sites for hydroxylation is 2. The van der Waals surface area contributed by atoms with E-state index in [2.05, 4.69) is 33.6 Å². The number of nitrogens with one attached hydrogen (secondary N) is 2. The summed E-state index contributed by atoms with van der Waals surface area (Å²) in [6, 6.07) is 18.5. The molecule has 0 fully saturated rings. The molecule has 0 heterocycles. The minimum atomic E-state index is -4.85. The fraction of sp³-hybridized carbons (Fsp3) is 0.208. The number of fused-ring (bicyclic) bond motifs is 1. The van der Waals surface area contributed by atoms with Gasteiger partial charge in [-0.15, -0.1) is 13.2 Å². The van der Waals surface area contributed by atoms with Crippen molar-refractivity contribution in [2.45, 2.75) is 32.0 Å². The summed E-state index contributed by atoms with van der Waals surface area (Å²) in [5.74, 6) is -0.479. The van der Waals surface area contributed by atoms with Crippen molar-refractivity contribution in [1.29, 1.82) is 0 Å². The third kappa shape index (κ3) is 5.36. The fourth-order valence-electron chi connectivity index (χ4n) is 3.76. The highest BCUT2D eigenvalue weighted by Gasteiger charge is 2.32. The molecule has 160 valence electrons. The highest BCUT2D eigenvalue weighted by Crippen LogP contribution is 2.31. The van der Waals surface area contributed by atoms with Crippen molar-refractivity contribution in [3.05, 3.63) is 77.9 Å². The van der Waals surface area contributed by atoms with E-state index in [-0.39, 0.29) is 5.69 Å². The topological polar surface area (TPSA) is 50.4 Å². The maximum Gasteiger partial charge on any atom is 0.573 e. The molecule has 1 aliphatic carbocycles. The molecule has 3 aromatic carbocycles. The van der Waals surface area contributed by atoms with Crippen LogP contribution in [0.5, 0.6) is 5.75 Å². The summed E-state index contributed by atoms with van der Waals surface area (Å²) in [5.41, 5.74) is 5.22. The van der Waals surface area contributed by atoms with Crippen LogP contribution in [0.1, 0.15) is 24.0 Å². The minimum absolute atomic E-state index is 0.0804. The number of hydrogen-bond acceptors (Lipinski definition) is 2. The van der Waals surface area contributed by atoms with Crippen LogP contribution in [0.4, 0.5) is 29.3 Å². The quantitative estimate of drug-likeness (QED) is 0.483. The zero-order chi connectivity index (χ0) is 21.8. The smallest absolute Gasteiger partial charge is 0.404 e. The molecule has 0 aromatic heterocycles. The zero-order valence-corrected chi connectivity index (χ0v) is 16.6. The summed E-state index contributed by atoms with van der Waals surface area (Å²) in [7, 11) is 0. The monoisotopic (exact) mass is 426 g/mol. The number of alkyl halides is 3. The van der Waals surface area contributed by atoms with E-state index in [4.69, 9.17) is 0 Å². The largest absolute Gasteiger partial charge is 0.573 e. The van der Waals surface area contributed by atoms with Gasteiger partial charge in [-0.1, -0.05) is 42.5 Å². The summed E-state index contributed by atoms with van der Waals surface area (Å²) in [6.45, 7) is 0. The predicted molar refractivity (Wildman–Crippen MR) is 114 cm³/mol. The van der Waals surface area contributed by atoms with E-state index in [1.807, 2.05) is 18.2 Å². The molecule has 7 heteroatoms. The maximum atomic E-state index is 12.6. The number of rotatable bonds is 4. The van der Waals surface area contributed by atoms with Crippen molar-refractivity contribution in [2.75, 3.05) is 10.6 Å². The number of anilines is 2. The second-order valence-corrected chi connectivity index (χ2v) is 7.39. The predicted octanol–water partition coefficient (Wildman–Crippen LogP) is 6.78. The highest BCUT2D eigenvalue weighted by molar-refractivity contribution is 6.01. The van der Waals surface area contributed by atoms with E-state index in [0.717, 1.165) is 30.0 Å². The molecule has 0 saturated carbocycles. The molecule has 1 aliphatic rings. The molecule has 0 unspecified atom stereocenters. The van der Waals surface area contributed by atoms with Crippen LogP contribution in [-0.2, 0) is 12.8 Å². The van der Waals surface area contributed by atoms with E-state index in [0.29, 0.717) is 5.69 Å². The van der Waals surface area contributed by atoms with Crippen molar-refractivity contribution < 1.29 is 22.7 Å². The van der Waals surface area contributed by atoms with Gasteiger partial charge in [0.2, 0.25) is 0 Å². The van der Waals surface area contributed by atoms with Crippen LogP contribution in [0.2, 0.25) is 0 Å². The van der Waals surface area contributed by atoms with Gasteiger partial charge < -0.3 is 15.4 Å². The molecule has 0 radical (unpaired) electrons. The van der Waals surface area contributed by atoms with Crippen molar-refractivity contribution in [3.8, 4) is 16.9 Å². The first-order chi connectivity index (χ1) is 14.9. The summed E-state index contributed by atoms with van der Waals surface area (Å²) in [6.07, 6.45) is -0.257. The molecular weight excluding hydrogens is 405 g/mol. The van der Waals surface area contributed by atoms with Gasteiger partial charge in [0.05, 0.1) is 5.69 Å². The van der Waals surface area contributed by atoms with Crippen LogP contribution in [-0.4, -0.2) is 12.4 Å². The summed E-state index contributed by atoms with van der Waals surface area (Å²) >= 11 is 0. The van der Waals surface area contributed by atoms with Crippen molar-refractivity contribution in [2.24, 2.45) is 0 Å². The van der Waals surface area contributed by atoms with Crippen LogP contribution < -0.4 is 15.4 Å². The van der Waals surface area contributed by atoms with E-state index in [1.54, 1.807) is 6.07 Å². The molecule has 2 amide bonds. The molecule has 3 aromatic rings. The van der Waals surface area contributed by atoms with Crippen molar-refractivity contribution in [1.82, 2.24) is 0 Å². The lowest BCUT2D eigenvalue weighted by atomic mass is 9.89. The minimum Gasteiger partial charge on any atom is -0.404 e. The molecule has 0 atom stereocenters. The average Bonchev–Trinajstić information content (AvgIpc) is 2.74. The Morgan fingerprint density at radius 1 is 0.806 bits per heavy atom. The number of carbonyl (C=O) groups excluding carboxylic acids is 1. The van der Waals surface area contributed by atoms with E-state index in [1.165, 1.54) is 42.2 Å². The molecule has 0 spiro atoms. The lowest BCUT2D eigenvalue weighted by molar-refractivity contribution is -0.274. The molecule has 0 saturated heterocycles. The third-order valence-electron chi connectivity index (χ3n) is 5.16. The van der Waals surface area contributed by atoms with Crippen LogP contribution in [0.15, 0.2) is 66.7 Å². The van der Waals surface area contributed by atoms with Gasteiger partial charge in [-0.3, -0.25) is 0 Å². The first-order valence-electron chi connectivity index (χ1n) is 10.0. The maximum absolute atomic E-state index is 12.6. The van der Waals surface area contributed by atoms with Gasteiger partial charge in [0.15, 0.2) is 5.75 Å². The Balaban J connectivity index is 1.48. The van der Waals surface area contributed by atoms with E-state index >= 15 is 0 Å². The normalized spacial score (nSPS) is 13.3. The SMILES string of the molecule is O=C(Nc1cccc(-c2ccc3c(c2)CCCC3)c1)Nc1ccccc1OC(F)(F)F. The lowest BCUT2D eigenvalue weighted by Gasteiger charge is -2.17. The summed E-state index contributed by atoms with van der Waals surface area (Å²) < 4.78 is 41.7. The Labute approximate surface area is 178 Å². The highest BCUT2D eigenvalue weighted by atomic mass is 19.4. The van der Waals surface area contributed by atoms with Gasteiger partial charge in [-0.2, -0.15) is 0 Å². The Kier molecular flexibility index (Phi) is 5.84. The first-order valence-corrected chi connectivity index (χ1v) is 10.0. The molecule has 2 N–H and O–H groups in total. The number of halogens is 3. The molecule has 0 aliphatic heterocycles. The molecule has 4 nitrogen and oxygen atoms in total. The number of amides is 2. The molecule has 31 heavy (non-hydrogen) atoms. The number of para-hydroxylation sites is 2. The van der Waals surface area contributed by atoms with Crippen molar-refractivity contribution >= 4 is 17.4 Å². The standard InChI is InChI=1S/C24H21F3N2O2/c25-24(26,27)31-22-11-4-3-10-21(22)29-23(30)28-20-9-5-8-18(15-20)19-13-12-16-6-1-2-7-17(16)14-19/h3-5,8-15H,1-2,6-7H2,(H2,28,29,30). The first kappa shape index (κ1) is 20.8. The number of hydrogen-bond donors (Lipinski definition) is 2.